The van der Waals surface area contributed by atoms with E-state index in [2.05, 4.69) is 15.9 Å². The second-order valence-electron chi connectivity index (χ2n) is 5.92. The Hall–Kier alpha value is -1.86. The molecule has 0 amide bonds. The molecule has 5 nitrogen and oxygen atoms in total. The van der Waals surface area contributed by atoms with E-state index in [0.717, 1.165) is 0 Å². The Balaban J connectivity index is 2.62. The van der Waals surface area contributed by atoms with Gasteiger partial charge in [0.2, 0.25) is 0 Å². The van der Waals surface area contributed by atoms with Crippen LogP contribution in [0.4, 0.5) is 0 Å². The number of rotatable bonds is 7. The van der Waals surface area contributed by atoms with Crippen LogP contribution in [-0.2, 0) is 19.4 Å². The average molecular weight is 441 g/mol. The fourth-order valence-electron chi connectivity index (χ4n) is 2.86. The van der Waals surface area contributed by atoms with Gasteiger partial charge in [-0.15, -0.1) is 0 Å². The summed E-state index contributed by atoms with van der Waals surface area (Å²) in [5.74, 6) is -0.414. The number of carbonyl (C=O) groups is 1. The van der Waals surface area contributed by atoms with E-state index in [-0.39, 0.29) is 11.3 Å². The van der Waals surface area contributed by atoms with Crippen molar-refractivity contribution in [3.63, 3.8) is 0 Å². The molecule has 2 rings (SSSR count). The molecular weight excluding hydrogens is 420 g/mol. The lowest BCUT2D eigenvalue weighted by molar-refractivity contribution is -0.141. The highest BCUT2D eigenvalue weighted by Gasteiger charge is 2.36. The van der Waals surface area contributed by atoms with Crippen molar-refractivity contribution in [1.82, 2.24) is 0 Å². The minimum absolute atomic E-state index is 0.0170. The molecule has 26 heavy (non-hydrogen) atoms. The molecule has 2 atom stereocenters. The summed E-state index contributed by atoms with van der Waals surface area (Å²) in [6.45, 7) is 1.73. The molecule has 0 fully saturated rings. The third kappa shape index (κ3) is 4.45. The van der Waals surface area contributed by atoms with E-state index in [1.165, 1.54) is 14.2 Å². The molecule has 2 aromatic rings. The smallest absolute Gasteiger partial charge is 0.305 e. The molecule has 0 aliphatic heterocycles. The summed E-state index contributed by atoms with van der Waals surface area (Å²) >= 11 is 3.44. The zero-order chi connectivity index (χ0) is 19.3. The summed E-state index contributed by atoms with van der Waals surface area (Å²) in [6.07, 6.45) is -0.0170. The maximum atomic E-state index is 13.4. The summed E-state index contributed by atoms with van der Waals surface area (Å²) in [5, 5.41) is -0.937. The lowest BCUT2D eigenvalue weighted by atomic mass is 9.97. The second-order valence-corrected chi connectivity index (χ2v) is 8.85. The second kappa shape index (κ2) is 8.68. The summed E-state index contributed by atoms with van der Waals surface area (Å²) < 4.78 is 37.4. The first kappa shape index (κ1) is 20.5. The zero-order valence-corrected chi connectivity index (χ0v) is 17.2. The molecule has 2 aromatic carbocycles. The van der Waals surface area contributed by atoms with E-state index in [1.807, 2.05) is 0 Å². The largest absolute Gasteiger partial charge is 0.497 e. The van der Waals surface area contributed by atoms with E-state index >= 15 is 0 Å². The van der Waals surface area contributed by atoms with E-state index in [0.29, 0.717) is 15.8 Å². The summed E-state index contributed by atoms with van der Waals surface area (Å²) in [6, 6.07) is 13.4. The van der Waals surface area contributed by atoms with Crippen LogP contribution in [0.2, 0.25) is 0 Å². The Morgan fingerprint density at radius 3 is 2.35 bits per heavy atom. The summed E-state index contributed by atoms with van der Waals surface area (Å²) in [5.41, 5.74) is 0.546. The van der Waals surface area contributed by atoms with Gasteiger partial charge in [-0.1, -0.05) is 41.1 Å². The quantitative estimate of drug-likeness (QED) is 0.604. The molecule has 0 N–H and O–H groups in total. The first-order chi connectivity index (χ1) is 12.3. The van der Waals surface area contributed by atoms with Gasteiger partial charge in [-0.25, -0.2) is 8.42 Å². The van der Waals surface area contributed by atoms with Crippen molar-refractivity contribution in [2.24, 2.45) is 5.92 Å². The number of hydrogen-bond donors (Lipinski definition) is 0. The highest BCUT2D eigenvalue weighted by atomic mass is 79.9. The molecule has 7 heteroatoms. The van der Waals surface area contributed by atoms with Crippen molar-refractivity contribution < 1.29 is 22.7 Å². The fraction of sp³-hybridized carbons (Fsp3) is 0.316. The first-order valence-electron chi connectivity index (χ1n) is 8.00. The zero-order valence-electron chi connectivity index (χ0n) is 14.8. The predicted molar refractivity (Wildman–Crippen MR) is 103 cm³/mol. The minimum Gasteiger partial charge on any atom is -0.497 e. The van der Waals surface area contributed by atoms with Crippen LogP contribution in [0, 0.1) is 5.92 Å². The van der Waals surface area contributed by atoms with E-state index in [9.17, 15) is 13.2 Å². The summed E-state index contributed by atoms with van der Waals surface area (Å²) in [7, 11) is -0.940. The number of esters is 1. The Morgan fingerprint density at radius 2 is 1.77 bits per heavy atom. The van der Waals surface area contributed by atoms with Gasteiger partial charge in [0.15, 0.2) is 9.84 Å². The van der Waals surface area contributed by atoms with Gasteiger partial charge in [-0.2, -0.15) is 0 Å². The predicted octanol–water partition coefficient (Wildman–Crippen LogP) is 4.17. The molecule has 140 valence electrons. The SMILES string of the molecule is COC(=O)C[C@H](C)[C@@H](c1cc(OC)ccc1Br)S(=O)(=O)c1ccccc1. The van der Waals surface area contributed by atoms with Crippen LogP contribution in [0.25, 0.3) is 0 Å². The van der Waals surface area contributed by atoms with Crippen LogP contribution < -0.4 is 4.74 Å². The highest BCUT2D eigenvalue weighted by Crippen LogP contribution is 2.41. The highest BCUT2D eigenvalue weighted by molar-refractivity contribution is 9.10. The van der Waals surface area contributed by atoms with Crippen LogP contribution in [0.3, 0.4) is 0 Å². The van der Waals surface area contributed by atoms with E-state index < -0.39 is 27.0 Å². The number of ether oxygens (including phenoxy) is 2. The molecule has 0 spiro atoms. The van der Waals surface area contributed by atoms with Crippen molar-refractivity contribution in [2.75, 3.05) is 14.2 Å². The van der Waals surface area contributed by atoms with Crippen molar-refractivity contribution in [3.8, 4) is 5.75 Å². The molecule has 0 aliphatic carbocycles. The normalized spacial score (nSPS) is 13.7. The first-order valence-corrected chi connectivity index (χ1v) is 10.3. The Morgan fingerprint density at radius 1 is 1.12 bits per heavy atom. The van der Waals surface area contributed by atoms with Crippen molar-refractivity contribution in [3.05, 3.63) is 58.6 Å². The lowest BCUT2D eigenvalue weighted by Gasteiger charge is -2.25. The topological polar surface area (TPSA) is 69.7 Å². The van der Waals surface area contributed by atoms with Gasteiger partial charge < -0.3 is 9.47 Å². The summed E-state index contributed by atoms with van der Waals surface area (Å²) in [4.78, 5) is 12.0. The van der Waals surface area contributed by atoms with Gasteiger partial charge >= 0.3 is 5.97 Å². The maximum Gasteiger partial charge on any atom is 0.305 e. The van der Waals surface area contributed by atoms with Gasteiger partial charge in [-0.05, 0) is 41.8 Å². The number of hydrogen-bond acceptors (Lipinski definition) is 5. The maximum absolute atomic E-state index is 13.4. The number of carbonyl (C=O) groups excluding carboxylic acids is 1. The average Bonchev–Trinajstić information content (AvgIpc) is 2.63. The standard InChI is InChI=1S/C19H21BrO5S/c1-13(11-18(21)25-3)19(16-12-14(24-2)9-10-17(16)20)26(22,23)15-7-5-4-6-8-15/h4-10,12-13,19H,11H2,1-3H3/t13-,19-/m0/s1. The third-order valence-corrected chi connectivity index (χ3v) is 7.19. The number of sulfone groups is 1. The molecule has 0 heterocycles. The van der Waals surface area contributed by atoms with Crippen LogP contribution >= 0.6 is 15.9 Å². The van der Waals surface area contributed by atoms with Gasteiger partial charge in [-0.3, -0.25) is 4.79 Å². The number of benzene rings is 2. The lowest BCUT2D eigenvalue weighted by Crippen LogP contribution is -2.23. The van der Waals surface area contributed by atoms with Crippen molar-refractivity contribution in [2.45, 2.75) is 23.5 Å². The molecule has 0 aromatic heterocycles. The molecule has 0 saturated carbocycles. The molecule has 0 radical (unpaired) electrons. The fourth-order valence-corrected chi connectivity index (χ4v) is 5.57. The molecule has 0 saturated heterocycles. The van der Waals surface area contributed by atoms with Gasteiger partial charge in [0.1, 0.15) is 5.75 Å². The Kier molecular flexibility index (Phi) is 6.83. The van der Waals surface area contributed by atoms with Gasteiger partial charge in [0.25, 0.3) is 0 Å². The Labute approximate surface area is 162 Å². The van der Waals surface area contributed by atoms with E-state index in [1.54, 1.807) is 55.5 Å². The molecule has 0 bridgehead atoms. The third-order valence-electron chi connectivity index (χ3n) is 4.15. The monoisotopic (exact) mass is 440 g/mol. The van der Waals surface area contributed by atoms with Crippen LogP contribution in [-0.4, -0.2) is 28.6 Å². The molecule has 0 aliphatic rings. The van der Waals surface area contributed by atoms with Crippen molar-refractivity contribution in [1.29, 1.82) is 0 Å². The van der Waals surface area contributed by atoms with Crippen LogP contribution in [0.15, 0.2) is 57.9 Å². The number of halogens is 1. The van der Waals surface area contributed by atoms with Gasteiger partial charge in [0, 0.05) is 10.9 Å². The Bertz CT molecular complexity index is 865. The van der Waals surface area contributed by atoms with Crippen molar-refractivity contribution >= 4 is 31.7 Å². The van der Waals surface area contributed by atoms with Crippen LogP contribution in [0.1, 0.15) is 24.2 Å². The molecule has 0 unspecified atom stereocenters. The number of methoxy groups -OCH3 is 2. The van der Waals surface area contributed by atoms with Gasteiger partial charge in [0.05, 0.1) is 24.4 Å². The van der Waals surface area contributed by atoms with Crippen LogP contribution in [0.5, 0.6) is 5.75 Å². The van der Waals surface area contributed by atoms with E-state index in [4.69, 9.17) is 9.47 Å². The minimum atomic E-state index is -3.75. The molecular formula is C19H21BrO5S.